The van der Waals surface area contributed by atoms with E-state index in [9.17, 15) is 4.39 Å². The summed E-state index contributed by atoms with van der Waals surface area (Å²) in [5.74, 6) is 5.55. The fourth-order valence-electron chi connectivity index (χ4n) is 1.80. The first-order chi connectivity index (χ1) is 8.68. The van der Waals surface area contributed by atoms with Gasteiger partial charge < -0.3 is 0 Å². The van der Waals surface area contributed by atoms with Crippen molar-refractivity contribution in [1.29, 1.82) is 0 Å². The third-order valence-electron chi connectivity index (χ3n) is 3.71. The molecule has 0 radical (unpaired) electrons. The van der Waals surface area contributed by atoms with Crippen molar-refractivity contribution < 1.29 is 4.39 Å². The van der Waals surface area contributed by atoms with Crippen LogP contribution in [0.15, 0.2) is 16.6 Å². The predicted molar refractivity (Wildman–Crippen MR) is 82.4 cm³/mol. The molecule has 0 saturated heterocycles. The van der Waals surface area contributed by atoms with Crippen molar-refractivity contribution in [3.63, 3.8) is 0 Å². The fraction of sp³-hybridized carbons (Fsp3) is 0.571. The third kappa shape index (κ3) is 4.15. The number of benzene rings is 1. The van der Waals surface area contributed by atoms with Crippen LogP contribution in [0, 0.1) is 17.2 Å². The Hall–Kier alpha value is -0.160. The highest BCUT2D eigenvalue weighted by Crippen LogP contribution is 2.36. The first-order valence-electron chi connectivity index (χ1n) is 6.28. The smallest absolute Gasteiger partial charge is 0.147 e. The van der Waals surface area contributed by atoms with Crippen LogP contribution in [-0.2, 0) is 0 Å². The fourth-order valence-corrected chi connectivity index (χ4v) is 2.28. The van der Waals surface area contributed by atoms with E-state index >= 15 is 0 Å². The maximum atomic E-state index is 14.2. The molecular weight excluding hydrogens is 331 g/mol. The Morgan fingerprint density at radius 3 is 2.47 bits per heavy atom. The maximum Gasteiger partial charge on any atom is 0.147 e. The molecule has 2 atom stereocenters. The van der Waals surface area contributed by atoms with Gasteiger partial charge >= 0.3 is 0 Å². The Bertz CT molecular complexity index is 446. The zero-order chi connectivity index (χ0) is 14.8. The number of nitrogens with one attached hydrogen (secondary N) is 1. The molecule has 2 unspecified atom stereocenters. The van der Waals surface area contributed by atoms with Gasteiger partial charge in [-0.1, -0.05) is 45.4 Å². The zero-order valence-corrected chi connectivity index (χ0v) is 14.1. The first-order valence-corrected chi connectivity index (χ1v) is 7.45. The van der Waals surface area contributed by atoms with Crippen molar-refractivity contribution >= 4 is 27.5 Å². The Morgan fingerprint density at radius 1 is 1.42 bits per heavy atom. The SMILES string of the molecule is CC(CC(NN)c1ccc(Br)c(Cl)c1F)C(C)(C)C. The van der Waals surface area contributed by atoms with Crippen molar-refractivity contribution in [3.8, 4) is 0 Å². The van der Waals surface area contributed by atoms with E-state index in [0.717, 1.165) is 6.42 Å². The minimum atomic E-state index is -0.417. The van der Waals surface area contributed by atoms with E-state index in [1.54, 1.807) is 12.1 Å². The van der Waals surface area contributed by atoms with Crippen LogP contribution >= 0.6 is 27.5 Å². The van der Waals surface area contributed by atoms with Crippen LogP contribution in [0.2, 0.25) is 5.02 Å². The highest BCUT2D eigenvalue weighted by molar-refractivity contribution is 9.10. The molecule has 1 rings (SSSR count). The lowest BCUT2D eigenvalue weighted by Gasteiger charge is -2.31. The second-order valence-electron chi connectivity index (χ2n) is 5.99. The minimum absolute atomic E-state index is 0.0983. The highest BCUT2D eigenvalue weighted by Gasteiger charge is 2.26. The van der Waals surface area contributed by atoms with Crippen LogP contribution in [-0.4, -0.2) is 0 Å². The lowest BCUT2D eigenvalue weighted by atomic mass is 9.77. The molecule has 0 aliphatic carbocycles. The standard InChI is InChI=1S/C14H21BrClFN2/c1-8(14(2,3)4)7-11(19-18)9-5-6-10(15)12(16)13(9)17/h5-6,8,11,19H,7,18H2,1-4H3. The van der Waals surface area contributed by atoms with Crippen molar-refractivity contribution in [2.45, 2.75) is 40.2 Å². The molecule has 0 fully saturated rings. The van der Waals surface area contributed by atoms with Gasteiger partial charge in [0.2, 0.25) is 0 Å². The summed E-state index contributed by atoms with van der Waals surface area (Å²) >= 11 is 9.13. The molecule has 0 aliphatic heterocycles. The van der Waals surface area contributed by atoms with Gasteiger partial charge in [0.1, 0.15) is 5.82 Å². The molecule has 0 heterocycles. The van der Waals surface area contributed by atoms with Gasteiger partial charge in [0.25, 0.3) is 0 Å². The van der Waals surface area contributed by atoms with E-state index in [0.29, 0.717) is 16.0 Å². The number of hydrogen-bond acceptors (Lipinski definition) is 2. The number of rotatable bonds is 4. The van der Waals surface area contributed by atoms with Gasteiger partial charge in [-0.3, -0.25) is 11.3 Å². The number of nitrogens with two attached hydrogens (primary N) is 1. The van der Waals surface area contributed by atoms with Gasteiger partial charge in [-0.15, -0.1) is 0 Å². The molecule has 5 heteroatoms. The zero-order valence-electron chi connectivity index (χ0n) is 11.7. The molecule has 0 spiro atoms. The second kappa shape index (κ2) is 6.53. The molecule has 0 saturated carbocycles. The largest absolute Gasteiger partial charge is 0.271 e. The quantitative estimate of drug-likeness (QED) is 0.464. The number of hydrazine groups is 1. The summed E-state index contributed by atoms with van der Waals surface area (Å²) in [4.78, 5) is 0. The van der Waals surface area contributed by atoms with Gasteiger partial charge in [0.15, 0.2) is 0 Å². The van der Waals surface area contributed by atoms with Gasteiger partial charge in [-0.25, -0.2) is 4.39 Å². The van der Waals surface area contributed by atoms with Crippen LogP contribution in [0.5, 0.6) is 0 Å². The van der Waals surface area contributed by atoms with Crippen LogP contribution in [0.25, 0.3) is 0 Å². The van der Waals surface area contributed by atoms with Crippen LogP contribution in [0.4, 0.5) is 4.39 Å². The predicted octanol–water partition coefficient (Wildman–Crippen LogP) is 4.82. The van der Waals surface area contributed by atoms with E-state index in [1.165, 1.54) is 0 Å². The van der Waals surface area contributed by atoms with Gasteiger partial charge in [-0.2, -0.15) is 0 Å². The molecule has 1 aromatic rings. The van der Waals surface area contributed by atoms with Crippen molar-refractivity contribution in [1.82, 2.24) is 5.43 Å². The normalized spacial score (nSPS) is 15.4. The first kappa shape index (κ1) is 16.9. The molecule has 0 aromatic heterocycles. The summed E-state index contributed by atoms with van der Waals surface area (Å²) in [6, 6.07) is 3.21. The minimum Gasteiger partial charge on any atom is -0.271 e. The third-order valence-corrected chi connectivity index (χ3v) is 4.97. The summed E-state index contributed by atoms with van der Waals surface area (Å²) in [5, 5.41) is 0.0983. The Morgan fingerprint density at radius 2 is 2.00 bits per heavy atom. The number of halogens is 3. The van der Waals surface area contributed by atoms with Crippen LogP contribution in [0.3, 0.4) is 0 Å². The molecule has 108 valence electrons. The Kier molecular flexibility index (Phi) is 5.80. The summed E-state index contributed by atoms with van der Waals surface area (Å²) in [6.45, 7) is 8.63. The summed E-state index contributed by atoms with van der Waals surface area (Å²) in [7, 11) is 0. The van der Waals surface area contributed by atoms with Crippen molar-refractivity contribution in [2.75, 3.05) is 0 Å². The summed E-state index contributed by atoms with van der Waals surface area (Å²) in [5.41, 5.74) is 3.34. The van der Waals surface area contributed by atoms with E-state index in [2.05, 4.69) is 49.1 Å². The molecule has 2 nitrogen and oxygen atoms in total. The highest BCUT2D eigenvalue weighted by atomic mass is 79.9. The van der Waals surface area contributed by atoms with E-state index in [1.807, 2.05) is 0 Å². The van der Waals surface area contributed by atoms with Crippen LogP contribution < -0.4 is 11.3 Å². The lowest BCUT2D eigenvalue weighted by molar-refractivity contribution is 0.222. The van der Waals surface area contributed by atoms with Gasteiger partial charge in [0.05, 0.1) is 5.02 Å². The molecule has 0 bridgehead atoms. The van der Waals surface area contributed by atoms with Crippen molar-refractivity contribution in [3.05, 3.63) is 33.0 Å². The van der Waals surface area contributed by atoms with Crippen molar-refractivity contribution in [2.24, 2.45) is 17.2 Å². The molecule has 0 amide bonds. The van der Waals surface area contributed by atoms with Gasteiger partial charge in [-0.05, 0) is 39.8 Å². The van der Waals surface area contributed by atoms with E-state index in [-0.39, 0.29) is 16.5 Å². The molecule has 3 N–H and O–H groups in total. The van der Waals surface area contributed by atoms with E-state index < -0.39 is 5.82 Å². The molecule has 0 aliphatic rings. The Labute approximate surface area is 128 Å². The molecular formula is C14H21BrClFN2. The summed E-state index contributed by atoms with van der Waals surface area (Å²) in [6.07, 6.45) is 0.745. The maximum absolute atomic E-state index is 14.2. The van der Waals surface area contributed by atoms with Crippen LogP contribution in [0.1, 0.15) is 45.7 Å². The Balaban J connectivity index is 3.02. The van der Waals surface area contributed by atoms with Gasteiger partial charge in [0, 0.05) is 16.1 Å². The topological polar surface area (TPSA) is 38.0 Å². The average molecular weight is 352 g/mol. The second-order valence-corrected chi connectivity index (χ2v) is 7.22. The van der Waals surface area contributed by atoms with E-state index in [4.69, 9.17) is 17.4 Å². The monoisotopic (exact) mass is 350 g/mol. The lowest BCUT2D eigenvalue weighted by Crippen LogP contribution is -2.32. The summed E-state index contributed by atoms with van der Waals surface area (Å²) < 4.78 is 14.7. The molecule has 1 aromatic carbocycles. The average Bonchev–Trinajstić information content (AvgIpc) is 2.32. The molecule has 19 heavy (non-hydrogen) atoms. The number of hydrogen-bond donors (Lipinski definition) is 2.